The van der Waals surface area contributed by atoms with Gasteiger partial charge in [-0.25, -0.2) is 4.90 Å². The van der Waals surface area contributed by atoms with Crippen molar-refractivity contribution in [2.24, 2.45) is 11.8 Å². The Kier molecular flexibility index (Phi) is 5.86. The van der Waals surface area contributed by atoms with Crippen molar-refractivity contribution in [1.82, 2.24) is 5.32 Å². The number of amides is 2. The summed E-state index contributed by atoms with van der Waals surface area (Å²) in [5.41, 5.74) is 0.722. The van der Waals surface area contributed by atoms with E-state index >= 15 is 0 Å². The fraction of sp³-hybridized carbons (Fsp3) is 0.250. The number of rotatable bonds is 6. The van der Waals surface area contributed by atoms with Crippen LogP contribution >= 0.6 is 0 Å². The molecule has 4 atom stereocenters. The van der Waals surface area contributed by atoms with E-state index in [0.29, 0.717) is 11.4 Å². The number of benzene rings is 3. The lowest BCUT2D eigenvalue weighted by atomic mass is 9.76. The molecule has 2 aliphatic heterocycles. The molecule has 2 aliphatic rings. The molecule has 35 heavy (non-hydrogen) atoms. The maximum atomic E-state index is 13.9. The third-order valence-corrected chi connectivity index (χ3v) is 7.02. The number of imide groups is 1. The van der Waals surface area contributed by atoms with Gasteiger partial charge >= 0.3 is 5.97 Å². The first-order chi connectivity index (χ1) is 17.0. The van der Waals surface area contributed by atoms with Gasteiger partial charge in [0.25, 0.3) is 0 Å². The summed E-state index contributed by atoms with van der Waals surface area (Å²) >= 11 is 0. The van der Waals surface area contributed by atoms with Crippen LogP contribution < -0.4 is 15.0 Å². The Morgan fingerprint density at radius 1 is 0.886 bits per heavy atom. The van der Waals surface area contributed by atoms with Crippen molar-refractivity contribution in [2.75, 3.05) is 19.1 Å². The molecule has 3 aromatic carbocycles. The first-order valence-electron chi connectivity index (χ1n) is 11.5. The van der Waals surface area contributed by atoms with Gasteiger partial charge < -0.3 is 9.47 Å². The third kappa shape index (κ3) is 3.68. The number of esters is 1. The van der Waals surface area contributed by atoms with Crippen LogP contribution in [0, 0.1) is 11.8 Å². The van der Waals surface area contributed by atoms with Gasteiger partial charge in [0.1, 0.15) is 11.3 Å². The highest BCUT2D eigenvalue weighted by molar-refractivity contribution is 6.24. The molecule has 2 saturated heterocycles. The van der Waals surface area contributed by atoms with Gasteiger partial charge in [-0.2, -0.15) is 0 Å². The molecule has 0 radical (unpaired) electrons. The monoisotopic (exact) mass is 470 g/mol. The molecule has 7 heteroatoms. The maximum Gasteiger partial charge on any atom is 0.327 e. The Morgan fingerprint density at radius 2 is 1.51 bits per heavy atom. The number of anilines is 1. The predicted octanol–water partition coefficient (Wildman–Crippen LogP) is 3.30. The Hall–Kier alpha value is -3.97. The second-order valence-electron chi connectivity index (χ2n) is 8.87. The third-order valence-electron chi connectivity index (χ3n) is 7.02. The van der Waals surface area contributed by atoms with E-state index in [1.165, 1.54) is 12.0 Å². The second kappa shape index (κ2) is 9.00. The van der Waals surface area contributed by atoms with Crippen molar-refractivity contribution < 1.29 is 23.9 Å². The summed E-state index contributed by atoms with van der Waals surface area (Å²) in [6, 6.07) is 25.0. The average molecular weight is 471 g/mol. The topological polar surface area (TPSA) is 84.9 Å². The van der Waals surface area contributed by atoms with Gasteiger partial charge in [0.05, 0.1) is 31.7 Å². The van der Waals surface area contributed by atoms with Gasteiger partial charge in [-0.15, -0.1) is 0 Å². The van der Waals surface area contributed by atoms with Crippen molar-refractivity contribution in [3.63, 3.8) is 0 Å². The standard InChI is InChI=1S/C28H26N2O5/c1-34-21-15-13-19(14-16-21)24-22-23(26(32)30(25(22)31)20-11-7-4-8-12-20)28(29-24,27(33)35-2)17-18-9-5-3-6-10-18/h3-16,22-24,29H,17H2,1-2H3/t22-,23-,24+,28-/m0/s1. The minimum absolute atomic E-state index is 0.204. The fourth-order valence-corrected chi connectivity index (χ4v) is 5.45. The van der Waals surface area contributed by atoms with Crippen molar-refractivity contribution in [3.8, 4) is 5.75 Å². The van der Waals surface area contributed by atoms with E-state index in [9.17, 15) is 14.4 Å². The number of fused-ring (bicyclic) bond motifs is 1. The minimum Gasteiger partial charge on any atom is -0.497 e. The maximum absolute atomic E-state index is 13.9. The normalized spacial score (nSPS) is 25.4. The van der Waals surface area contributed by atoms with Crippen LogP contribution in [0.5, 0.6) is 5.75 Å². The number of carbonyl (C=O) groups excluding carboxylic acids is 3. The summed E-state index contributed by atoms with van der Waals surface area (Å²) < 4.78 is 10.5. The fourth-order valence-electron chi connectivity index (χ4n) is 5.45. The molecule has 0 unspecified atom stereocenters. The van der Waals surface area contributed by atoms with E-state index in [-0.39, 0.29) is 12.3 Å². The Labute approximate surface area is 203 Å². The summed E-state index contributed by atoms with van der Waals surface area (Å²) in [7, 11) is 2.89. The van der Waals surface area contributed by atoms with Crippen LogP contribution in [0.2, 0.25) is 0 Å². The van der Waals surface area contributed by atoms with E-state index in [0.717, 1.165) is 11.1 Å². The molecule has 178 valence electrons. The molecule has 0 saturated carbocycles. The van der Waals surface area contributed by atoms with Gasteiger partial charge in [-0.1, -0.05) is 60.7 Å². The number of hydrogen-bond acceptors (Lipinski definition) is 6. The van der Waals surface area contributed by atoms with Crippen LogP contribution in [0.25, 0.3) is 0 Å². The van der Waals surface area contributed by atoms with Gasteiger partial charge in [0, 0.05) is 12.5 Å². The molecule has 0 spiro atoms. The highest BCUT2D eigenvalue weighted by Crippen LogP contribution is 2.51. The number of nitrogens with one attached hydrogen (secondary N) is 1. The van der Waals surface area contributed by atoms with Gasteiger partial charge in [0.15, 0.2) is 0 Å². The van der Waals surface area contributed by atoms with E-state index in [4.69, 9.17) is 9.47 Å². The first kappa shape index (κ1) is 22.8. The number of ether oxygens (including phenoxy) is 2. The molecule has 0 aromatic heterocycles. The number of nitrogens with zero attached hydrogens (tertiary/aromatic N) is 1. The quantitative estimate of drug-likeness (QED) is 0.440. The molecule has 5 rings (SSSR count). The summed E-state index contributed by atoms with van der Waals surface area (Å²) in [5.74, 6) is -2.35. The van der Waals surface area contributed by atoms with E-state index < -0.39 is 35.3 Å². The van der Waals surface area contributed by atoms with Crippen LogP contribution in [-0.4, -0.2) is 37.5 Å². The molecule has 2 fully saturated rings. The van der Waals surface area contributed by atoms with Crippen LogP contribution in [0.4, 0.5) is 5.69 Å². The highest BCUT2D eigenvalue weighted by Gasteiger charge is 2.68. The predicted molar refractivity (Wildman–Crippen MR) is 130 cm³/mol. The minimum atomic E-state index is -1.42. The summed E-state index contributed by atoms with van der Waals surface area (Å²) in [6.45, 7) is 0. The number of methoxy groups -OCH3 is 2. The van der Waals surface area contributed by atoms with Crippen LogP contribution in [-0.2, 0) is 25.5 Å². The second-order valence-corrected chi connectivity index (χ2v) is 8.87. The molecule has 2 amide bonds. The summed E-state index contributed by atoms with van der Waals surface area (Å²) in [6.07, 6.45) is 0.204. The Balaban J connectivity index is 1.66. The van der Waals surface area contributed by atoms with E-state index in [2.05, 4.69) is 5.32 Å². The zero-order chi connectivity index (χ0) is 24.6. The Morgan fingerprint density at radius 3 is 2.11 bits per heavy atom. The molecular formula is C28H26N2O5. The van der Waals surface area contributed by atoms with E-state index in [1.54, 1.807) is 43.5 Å². The average Bonchev–Trinajstić information content (AvgIpc) is 3.38. The first-order valence-corrected chi connectivity index (χ1v) is 11.5. The molecule has 0 bridgehead atoms. The lowest BCUT2D eigenvalue weighted by Gasteiger charge is -2.32. The number of carbonyl (C=O) groups is 3. The molecule has 1 N–H and O–H groups in total. The van der Waals surface area contributed by atoms with Gasteiger partial charge in [0.2, 0.25) is 11.8 Å². The SMILES string of the molecule is COC(=O)[C@@]1(Cc2ccccc2)N[C@H](c2ccc(OC)cc2)[C@H]2C(=O)N(c3ccccc3)C(=O)[C@H]21. The number of para-hydroxylation sites is 1. The van der Waals surface area contributed by atoms with Crippen molar-refractivity contribution in [1.29, 1.82) is 0 Å². The Bertz CT molecular complexity index is 1250. The van der Waals surface area contributed by atoms with Crippen molar-refractivity contribution in [3.05, 3.63) is 96.1 Å². The molecule has 7 nitrogen and oxygen atoms in total. The van der Waals surface area contributed by atoms with Crippen LogP contribution in [0.15, 0.2) is 84.9 Å². The molecule has 3 aromatic rings. The lowest BCUT2D eigenvalue weighted by molar-refractivity contribution is -0.152. The van der Waals surface area contributed by atoms with Crippen LogP contribution in [0.1, 0.15) is 17.2 Å². The highest BCUT2D eigenvalue weighted by atomic mass is 16.5. The summed E-state index contributed by atoms with van der Waals surface area (Å²) in [4.78, 5) is 42.5. The largest absolute Gasteiger partial charge is 0.497 e. The summed E-state index contributed by atoms with van der Waals surface area (Å²) in [5, 5.41) is 3.41. The smallest absolute Gasteiger partial charge is 0.327 e. The van der Waals surface area contributed by atoms with Gasteiger partial charge in [-0.05, 0) is 35.4 Å². The zero-order valence-corrected chi connectivity index (χ0v) is 19.5. The number of hydrogen-bond donors (Lipinski definition) is 1. The van der Waals surface area contributed by atoms with Crippen molar-refractivity contribution >= 4 is 23.5 Å². The molecule has 0 aliphatic carbocycles. The van der Waals surface area contributed by atoms with Crippen LogP contribution in [0.3, 0.4) is 0 Å². The lowest BCUT2D eigenvalue weighted by Crippen LogP contribution is -2.57. The van der Waals surface area contributed by atoms with Gasteiger partial charge in [-0.3, -0.25) is 19.7 Å². The van der Waals surface area contributed by atoms with E-state index in [1.807, 2.05) is 48.5 Å². The molecular weight excluding hydrogens is 444 g/mol. The molecule has 2 heterocycles. The zero-order valence-electron chi connectivity index (χ0n) is 19.5. The van der Waals surface area contributed by atoms with Crippen molar-refractivity contribution in [2.45, 2.75) is 18.0 Å².